The number of alkyl halides is 3. The molecule has 0 bridgehead atoms. The minimum atomic E-state index is -4.50. The van der Waals surface area contributed by atoms with Crippen LogP contribution in [0.3, 0.4) is 0 Å². The molecular formula is C20H15ClF3N5O. The van der Waals surface area contributed by atoms with Crippen molar-refractivity contribution in [2.75, 3.05) is 11.4 Å². The van der Waals surface area contributed by atoms with Crippen LogP contribution in [0.5, 0.6) is 5.75 Å². The highest BCUT2D eigenvalue weighted by Crippen LogP contribution is 2.38. The summed E-state index contributed by atoms with van der Waals surface area (Å²) in [5, 5.41) is 17.0. The number of H-pyrrole nitrogens is 1. The summed E-state index contributed by atoms with van der Waals surface area (Å²) in [6.45, 7) is 2.14. The first-order valence-electron chi connectivity index (χ1n) is 8.93. The molecule has 0 fully saturated rings. The van der Waals surface area contributed by atoms with Crippen LogP contribution in [0, 0.1) is 0 Å². The molecule has 4 aromatic rings. The number of anilines is 2. The van der Waals surface area contributed by atoms with Gasteiger partial charge in [0.25, 0.3) is 0 Å². The smallest absolute Gasteiger partial charge is 0.416 e. The van der Waals surface area contributed by atoms with Gasteiger partial charge < -0.3 is 10.0 Å². The molecule has 0 aliphatic heterocycles. The minimum absolute atomic E-state index is 0.0219. The summed E-state index contributed by atoms with van der Waals surface area (Å²) in [6, 6.07) is 9.79. The second kappa shape index (κ2) is 7.49. The monoisotopic (exact) mass is 433 g/mol. The summed E-state index contributed by atoms with van der Waals surface area (Å²) in [4.78, 5) is 10.6. The van der Waals surface area contributed by atoms with Crippen molar-refractivity contribution in [1.82, 2.24) is 20.2 Å². The van der Waals surface area contributed by atoms with Crippen LogP contribution in [0.4, 0.5) is 24.8 Å². The fourth-order valence-electron chi connectivity index (χ4n) is 3.14. The van der Waals surface area contributed by atoms with Crippen molar-refractivity contribution in [1.29, 1.82) is 0 Å². The lowest BCUT2D eigenvalue weighted by atomic mass is 10.1. The van der Waals surface area contributed by atoms with Gasteiger partial charge in [-0.2, -0.15) is 18.3 Å². The molecule has 0 saturated heterocycles. The fraction of sp³-hybridized carbons (Fsp3) is 0.150. The van der Waals surface area contributed by atoms with Crippen molar-refractivity contribution >= 4 is 34.3 Å². The molecule has 0 aliphatic rings. The zero-order chi connectivity index (χ0) is 21.5. The second-order valence-electron chi connectivity index (χ2n) is 6.43. The molecule has 2 aromatic carbocycles. The first-order chi connectivity index (χ1) is 14.3. The number of hydrogen-bond donors (Lipinski definition) is 2. The van der Waals surface area contributed by atoms with Crippen molar-refractivity contribution in [3.05, 3.63) is 59.2 Å². The SMILES string of the molecule is CCN(c1nc(-c2ccccc2O)c2[nH]ncc2n1)c1ccc(C(F)(F)F)cc1Cl. The summed E-state index contributed by atoms with van der Waals surface area (Å²) in [6.07, 6.45) is -2.99. The standard InChI is InChI=1S/C20H15ClF3N5O/c1-2-29(15-8-7-11(9-13(15)21)20(22,23)24)19-26-14-10-25-28-18(14)17(27-19)12-5-3-4-6-16(12)30/h3-10,30H,2H2,1H3,(H,25,28). The molecule has 10 heteroatoms. The molecule has 2 heterocycles. The van der Waals surface area contributed by atoms with Gasteiger partial charge in [0.15, 0.2) is 0 Å². The van der Waals surface area contributed by atoms with Gasteiger partial charge in [-0.1, -0.05) is 23.7 Å². The molecule has 0 amide bonds. The summed E-state index contributed by atoms with van der Waals surface area (Å²) < 4.78 is 39.0. The van der Waals surface area contributed by atoms with Gasteiger partial charge in [-0.05, 0) is 37.3 Å². The number of rotatable bonds is 4. The van der Waals surface area contributed by atoms with Crippen LogP contribution in [0.2, 0.25) is 5.02 Å². The van der Waals surface area contributed by atoms with Crippen LogP contribution in [0.25, 0.3) is 22.3 Å². The number of fused-ring (bicyclic) bond motifs is 1. The number of hydrogen-bond acceptors (Lipinski definition) is 5. The molecular weight excluding hydrogens is 419 g/mol. The van der Waals surface area contributed by atoms with Crippen LogP contribution in [0.15, 0.2) is 48.7 Å². The van der Waals surface area contributed by atoms with Crippen molar-refractivity contribution in [3.8, 4) is 17.0 Å². The molecule has 0 radical (unpaired) electrons. The van der Waals surface area contributed by atoms with E-state index in [1.54, 1.807) is 30.0 Å². The number of para-hydroxylation sites is 1. The zero-order valence-corrected chi connectivity index (χ0v) is 16.3. The van der Waals surface area contributed by atoms with Crippen molar-refractivity contribution in [2.24, 2.45) is 0 Å². The van der Waals surface area contributed by atoms with Gasteiger partial charge in [-0.15, -0.1) is 0 Å². The largest absolute Gasteiger partial charge is 0.507 e. The Morgan fingerprint density at radius 3 is 2.57 bits per heavy atom. The number of nitrogens with zero attached hydrogens (tertiary/aromatic N) is 4. The maximum absolute atomic E-state index is 13.0. The maximum atomic E-state index is 13.0. The first-order valence-corrected chi connectivity index (χ1v) is 9.31. The predicted molar refractivity (Wildman–Crippen MR) is 108 cm³/mol. The normalized spacial score (nSPS) is 11.8. The third-order valence-electron chi connectivity index (χ3n) is 4.57. The molecule has 2 N–H and O–H groups in total. The molecule has 2 aromatic heterocycles. The summed E-state index contributed by atoms with van der Waals surface area (Å²) in [7, 11) is 0. The van der Waals surface area contributed by atoms with Crippen LogP contribution in [-0.2, 0) is 6.18 Å². The quantitative estimate of drug-likeness (QED) is 0.441. The van der Waals surface area contributed by atoms with E-state index >= 15 is 0 Å². The predicted octanol–water partition coefficient (Wildman–Crippen LogP) is 5.56. The maximum Gasteiger partial charge on any atom is 0.416 e. The Bertz CT molecular complexity index is 1220. The molecule has 0 saturated carbocycles. The summed E-state index contributed by atoms with van der Waals surface area (Å²) in [5.41, 5.74) is 1.37. The first kappa shape index (κ1) is 20.0. The van der Waals surface area contributed by atoms with Crippen molar-refractivity contribution in [3.63, 3.8) is 0 Å². The lowest BCUT2D eigenvalue weighted by Gasteiger charge is -2.23. The molecule has 4 rings (SSSR count). The van der Waals surface area contributed by atoms with Crippen LogP contribution in [0.1, 0.15) is 12.5 Å². The van der Waals surface area contributed by atoms with Crippen LogP contribution in [-0.4, -0.2) is 31.8 Å². The lowest BCUT2D eigenvalue weighted by Crippen LogP contribution is -2.20. The average Bonchev–Trinajstić information content (AvgIpc) is 3.17. The minimum Gasteiger partial charge on any atom is -0.507 e. The fourth-order valence-corrected chi connectivity index (χ4v) is 3.42. The third kappa shape index (κ3) is 3.52. The van der Waals surface area contributed by atoms with E-state index in [2.05, 4.69) is 20.2 Å². The van der Waals surface area contributed by atoms with Crippen LogP contribution < -0.4 is 4.90 Å². The van der Waals surface area contributed by atoms with Crippen molar-refractivity contribution < 1.29 is 18.3 Å². The van der Waals surface area contributed by atoms with E-state index in [0.29, 0.717) is 34.5 Å². The van der Waals surface area contributed by atoms with E-state index in [9.17, 15) is 18.3 Å². The molecule has 6 nitrogen and oxygen atoms in total. The molecule has 0 atom stereocenters. The van der Waals surface area contributed by atoms with E-state index in [4.69, 9.17) is 11.6 Å². The number of nitrogens with one attached hydrogen (secondary N) is 1. The number of phenols is 1. The Kier molecular flexibility index (Phi) is 4.98. The van der Waals surface area contributed by atoms with Gasteiger partial charge >= 0.3 is 6.18 Å². The number of aromatic nitrogens is 4. The van der Waals surface area contributed by atoms with E-state index < -0.39 is 11.7 Å². The molecule has 0 aliphatic carbocycles. The van der Waals surface area contributed by atoms with Gasteiger partial charge in [0, 0.05) is 12.1 Å². The Hall–Kier alpha value is -3.33. The molecule has 30 heavy (non-hydrogen) atoms. The average molecular weight is 434 g/mol. The van der Waals surface area contributed by atoms with Gasteiger partial charge in [-0.3, -0.25) is 5.10 Å². The Morgan fingerprint density at radius 2 is 1.90 bits per heavy atom. The topological polar surface area (TPSA) is 77.9 Å². The molecule has 0 spiro atoms. The Morgan fingerprint density at radius 1 is 1.13 bits per heavy atom. The lowest BCUT2D eigenvalue weighted by molar-refractivity contribution is -0.137. The molecule has 0 unspecified atom stereocenters. The summed E-state index contributed by atoms with van der Waals surface area (Å²) in [5.74, 6) is 0.236. The molecule has 154 valence electrons. The second-order valence-corrected chi connectivity index (χ2v) is 6.84. The van der Waals surface area contributed by atoms with Gasteiger partial charge in [-0.25, -0.2) is 9.97 Å². The number of benzene rings is 2. The van der Waals surface area contributed by atoms with Crippen LogP contribution >= 0.6 is 11.6 Å². The van der Waals surface area contributed by atoms with Gasteiger partial charge in [0.1, 0.15) is 22.5 Å². The third-order valence-corrected chi connectivity index (χ3v) is 4.87. The zero-order valence-electron chi connectivity index (χ0n) is 15.6. The number of aromatic amines is 1. The Labute approximate surface area is 174 Å². The highest BCUT2D eigenvalue weighted by Gasteiger charge is 2.31. The van der Waals surface area contributed by atoms with E-state index in [-0.39, 0.29) is 16.7 Å². The van der Waals surface area contributed by atoms with Gasteiger partial charge in [0.05, 0.1) is 22.5 Å². The number of phenolic OH excluding ortho intramolecular Hbond substituents is 1. The van der Waals surface area contributed by atoms with Gasteiger partial charge in [0.2, 0.25) is 5.95 Å². The highest BCUT2D eigenvalue weighted by molar-refractivity contribution is 6.33. The summed E-state index contributed by atoms with van der Waals surface area (Å²) >= 11 is 6.18. The van der Waals surface area contributed by atoms with E-state index in [1.807, 2.05) is 0 Å². The number of halogens is 4. The van der Waals surface area contributed by atoms with E-state index in [1.165, 1.54) is 18.3 Å². The van der Waals surface area contributed by atoms with E-state index in [0.717, 1.165) is 12.1 Å². The highest BCUT2D eigenvalue weighted by atomic mass is 35.5. The van der Waals surface area contributed by atoms with Crippen molar-refractivity contribution in [2.45, 2.75) is 13.1 Å². The number of aromatic hydroxyl groups is 1. The Balaban J connectivity index is 1.87.